The Morgan fingerprint density at radius 3 is 1.47 bits per heavy atom. The standard InChI is InChI=1S/C6H18O5Si6/c1-15(2,3)10-17(8-13,9-14-7-12)11-16(4,5)6/h1-6H3. The molecule has 11 heteroatoms. The number of rotatable bonds is 8. The van der Waals surface area contributed by atoms with E-state index in [-0.39, 0.29) is 10.0 Å². The van der Waals surface area contributed by atoms with Crippen molar-refractivity contribution in [3.8, 4) is 0 Å². The van der Waals surface area contributed by atoms with Crippen molar-refractivity contribution < 1.29 is 20.6 Å². The molecule has 0 amide bonds. The largest absolute Gasteiger partial charge is 0.638 e. The number of hydrogen-bond acceptors (Lipinski definition) is 5. The lowest BCUT2D eigenvalue weighted by Crippen LogP contribution is -2.59. The van der Waals surface area contributed by atoms with Crippen LogP contribution in [0.2, 0.25) is 39.3 Å². The lowest BCUT2D eigenvalue weighted by Gasteiger charge is -2.36. The molecule has 0 unspecified atom stereocenters. The lowest BCUT2D eigenvalue weighted by molar-refractivity contribution is 0.157. The van der Waals surface area contributed by atoms with Gasteiger partial charge in [0, 0.05) is 0 Å². The highest BCUT2D eigenvalue weighted by molar-refractivity contribution is 6.85. The second-order valence-corrected chi connectivity index (χ2v) is 19.0. The fourth-order valence-electron chi connectivity index (χ4n) is 0.947. The molecule has 0 N–H and O–H groups in total. The van der Waals surface area contributed by atoms with Crippen LogP contribution in [0.15, 0.2) is 0 Å². The normalized spacial score (nSPS) is 14.1. The van der Waals surface area contributed by atoms with E-state index in [2.05, 4.69) is 60.3 Å². The van der Waals surface area contributed by atoms with E-state index in [4.69, 9.17) is 20.6 Å². The predicted molar refractivity (Wildman–Crippen MR) is 75.1 cm³/mol. The summed E-state index contributed by atoms with van der Waals surface area (Å²) in [5.41, 5.74) is 0. The zero-order chi connectivity index (χ0) is 13.7. The summed E-state index contributed by atoms with van der Waals surface area (Å²) in [4.78, 5) is 0. The fraction of sp³-hybridized carbons (Fsp3) is 1.00. The van der Waals surface area contributed by atoms with Gasteiger partial charge < -0.3 is 20.6 Å². The quantitative estimate of drug-likeness (QED) is 0.615. The van der Waals surface area contributed by atoms with Gasteiger partial charge in [-0.15, -0.1) is 0 Å². The lowest BCUT2D eigenvalue weighted by atomic mass is 11.8. The molecule has 0 bridgehead atoms. The Morgan fingerprint density at radius 1 is 0.824 bits per heavy atom. The van der Waals surface area contributed by atoms with Gasteiger partial charge in [0.1, 0.15) is 0 Å². The Balaban J connectivity index is 4.87. The molecule has 0 aliphatic carbocycles. The molecule has 0 saturated heterocycles. The minimum absolute atomic E-state index is 0.242. The third-order valence-corrected chi connectivity index (χ3v) is 10.8. The second kappa shape index (κ2) is 7.04. The van der Waals surface area contributed by atoms with Crippen LogP contribution in [0.4, 0.5) is 0 Å². The molecule has 0 spiro atoms. The minimum Gasteiger partial charge on any atom is -0.435 e. The Morgan fingerprint density at radius 2 is 1.24 bits per heavy atom. The molecule has 0 aliphatic rings. The SMILES string of the molecule is C[Si](C)(C)O[Si](O[Si])(O[Si]O[Si])O[Si](C)(C)C. The fourth-order valence-corrected chi connectivity index (χ4v) is 11.1. The first-order chi connectivity index (χ1) is 7.54. The maximum absolute atomic E-state index is 5.96. The van der Waals surface area contributed by atoms with Crippen LogP contribution in [0.25, 0.3) is 0 Å². The minimum atomic E-state index is -3.17. The Hall–Kier alpha value is 1.10. The van der Waals surface area contributed by atoms with Crippen LogP contribution < -0.4 is 0 Å². The van der Waals surface area contributed by atoms with Gasteiger partial charge in [0.15, 0.2) is 16.6 Å². The summed E-state index contributed by atoms with van der Waals surface area (Å²) in [6.07, 6.45) is 0. The van der Waals surface area contributed by atoms with E-state index in [0.717, 1.165) is 0 Å². The highest BCUT2D eigenvalue weighted by Crippen LogP contribution is 2.21. The molecule has 0 aliphatic heterocycles. The van der Waals surface area contributed by atoms with Gasteiger partial charge in [-0.3, -0.25) is 0 Å². The van der Waals surface area contributed by atoms with Crippen LogP contribution in [0.3, 0.4) is 0 Å². The second-order valence-electron chi connectivity index (χ2n) is 5.32. The van der Waals surface area contributed by atoms with Gasteiger partial charge in [0.2, 0.25) is 21.0 Å². The van der Waals surface area contributed by atoms with Crippen LogP contribution in [0.1, 0.15) is 0 Å². The summed E-state index contributed by atoms with van der Waals surface area (Å²) < 4.78 is 27.4. The van der Waals surface area contributed by atoms with Crippen molar-refractivity contribution in [2.24, 2.45) is 0 Å². The van der Waals surface area contributed by atoms with E-state index in [9.17, 15) is 0 Å². The predicted octanol–water partition coefficient (Wildman–Crippen LogP) is 0.876. The van der Waals surface area contributed by atoms with E-state index >= 15 is 0 Å². The summed E-state index contributed by atoms with van der Waals surface area (Å²) in [6, 6.07) is 0. The Bertz CT molecular complexity index is 210. The first-order valence-corrected chi connectivity index (χ1v) is 15.1. The first kappa shape index (κ1) is 18.1. The van der Waals surface area contributed by atoms with Gasteiger partial charge in [-0.25, -0.2) is 0 Å². The van der Waals surface area contributed by atoms with Crippen LogP contribution in [0.5, 0.6) is 0 Å². The van der Waals surface area contributed by atoms with Gasteiger partial charge in [-0.1, -0.05) is 0 Å². The zero-order valence-corrected chi connectivity index (χ0v) is 17.0. The smallest absolute Gasteiger partial charge is 0.435 e. The van der Waals surface area contributed by atoms with E-state index in [1.165, 1.54) is 0 Å². The Kier molecular flexibility index (Phi) is 7.49. The van der Waals surface area contributed by atoms with Crippen molar-refractivity contribution in [2.45, 2.75) is 39.3 Å². The summed E-state index contributed by atoms with van der Waals surface area (Å²) in [5, 5.41) is 0. The molecule has 0 saturated carbocycles. The third kappa shape index (κ3) is 8.76. The average molecular weight is 339 g/mol. The van der Waals surface area contributed by atoms with Crippen molar-refractivity contribution in [2.75, 3.05) is 0 Å². The van der Waals surface area contributed by atoms with Crippen LogP contribution in [-0.4, -0.2) is 56.7 Å². The summed E-state index contributed by atoms with van der Waals surface area (Å²) in [7, 11) is -1.20. The van der Waals surface area contributed by atoms with E-state index in [1.54, 1.807) is 0 Å². The summed E-state index contributed by atoms with van der Waals surface area (Å²) in [5.74, 6) is 0. The molecule has 0 rings (SSSR count). The molecule has 5 nitrogen and oxygen atoms in total. The molecule has 0 aromatic rings. The van der Waals surface area contributed by atoms with Gasteiger partial charge in [-0.2, -0.15) is 0 Å². The average Bonchev–Trinajstić information content (AvgIpc) is 2.09. The number of hydrogen-bond donors (Lipinski definition) is 0. The summed E-state index contributed by atoms with van der Waals surface area (Å²) >= 11 is 0. The van der Waals surface area contributed by atoms with Crippen LogP contribution in [-0.2, 0) is 20.6 Å². The monoisotopic (exact) mass is 338 g/mol. The molecule has 8 radical (unpaired) electrons. The molecule has 96 valence electrons. The maximum atomic E-state index is 5.96. The van der Waals surface area contributed by atoms with E-state index in [1.807, 2.05) is 0 Å². The van der Waals surface area contributed by atoms with Crippen molar-refractivity contribution >= 4 is 56.7 Å². The molecule has 0 aromatic heterocycles. The van der Waals surface area contributed by atoms with Crippen molar-refractivity contribution in [3.05, 3.63) is 0 Å². The van der Waals surface area contributed by atoms with Gasteiger partial charge >= 0.3 is 19.1 Å². The molecular formula is C6H18O5Si6. The molecule has 0 heterocycles. The van der Waals surface area contributed by atoms with E-state index in [0.29, 0.717) is 0 Å². The maximum Gasteiger partial charge on any atom is 0.638 e. The first-order valence-electron chi connectivity index (χ1n) is 5.04. The van der Waals surface area contributed by atoms with E-state index < -0.39 is 25.7 Å². The van der Waals surface area contributed by atoms with Crippen LogP contribution >= 0.6 is 0 Å². The van der Waals surface area contributed by atoms with Crippen molar-refractivity contribution in [1.29, 1.82) is 0 Å². The topological polar surface area (TPSA) is 46.2 Å². The molecule has 0 fully saturated rings. The molecule has 0 aromatic carbocycles. The van der Waals surface area contributed by atoms with Gasteiger partial charge in [-0.05, 0) is 39.3 Å². The third-order valence-electron chi connectivity index (χ3n) is 1.20. The Labute approximate surface area is 116 Å². The highest BCUT2D eigenvalue weighted by Gasteiger charge is 2.50. The van der Waals surface area contributed by atoms with Crippen LogP contribution in [0, 0.1) is 0 Å². The molecular weight excluding hydrogens is 321 g/mol. The zero-order valence-electron chi connectivity index (χ0n) is 11.0. The van der Waals surface area contributed by atoms with Crippen molar-refractivity contribution in [1.82, 2.24) is 0 Å². The van der Waals surface area contributed by atoms with Gasteiger partial charge in [0.25, 0.3) is 0 Å². The molecule has 17 heavy (non-hydrogen) atoms. The molecule has 0 atom stereocenters. The summed E-state index contributed by atoms with van der Waals surface area (Å²) in [6.45, 7) is 12.3. The highest BCUT2D eigenvalue weighted by atomic mass is 28.5. The van der Waals surface area contributed by atoms with Crippen molar-refractivity contribution in [3.63, 3.8) is 0 Å². The van der Waals surface area contributed by atoms with Gasteiger partial charge in [0.05, 0.1) is 0 Å².